The Kier molecular flexibility index (Phi) is 12.2. The number of urea groups is 1. The molecule has 3 N–H and O–H groups in total. The molecule has 0 bridgehead atoms. The van der Waals surface area contributed by atoms with Crippen LogP contribution in [-0.4, -0.2) is 92.6 Å². The Bertz CT molecular complexity index is 1130. The number of amides is 3. The van der Waals surface area contributed by atoms with Crippen LogP contribution in [0.15, 0.2) is 42.5 Å². The quantitative estimate of drug-likeness (QED) is 0.443. The summed E-state index contributed by atoms with van der Waals surface area (Å²) < 4.78 is 17.7. The fraction of sp³-hybridized carbons (Fsp3) is 0.548. The Morgan fingerprint density at radius 1 is 1.12 bits per heavy atom. The summed E-state index contributed by atoms with van der Waals surface area (Å²) in [4.78, 5) is 30.7. The molecule has 3 amide bonds. The van der Waals surface area contributed by atoms with Gasteiger partial charge in [-0.15, -0.1) is 0 Å². The molecule has 41 heavy (non-hydrogen) atoms. The van der Waals surface area contributed by atoms with Gasteiger partial charge < -0.3 is 39.8 Å². The molecule has 0 spiro atoms. The van der Waals surface area contributed by atoms with Crippen molar-refractivity contribution < 1.29 is 28.9 Å². The summed E-state index contributed by atoms with van der Waals surface area (Å²) in [5, 5.41) is 15.7. The van der Waals surface area contributed by atoms with Crippen LogP contribution in [0.4, 0.5) is 16.2 Å². The Labute approximate surface area is 243 Å². The first-order valence-corrected chi connectivity index (χ1v) is 14.3. The molecule has 3 rings (SSSR count). The highest BCUT2D eigenvalue weighted by atomic mass is 16.5. The van der Waals surface area contributed by atoms with Gasteiger partial charge in [-0.1, -0.05) is 6.92 Å². The van der Waals surface area contributed by atoms with Crippen LogP contribution < -0.4 is 20.1 Å². The van der Waals surface area contributed by atoms with Crippen molar-refractivity contribution >= 4 is 23.3 Å². The third kappa shape index (κ3) is 9.62. The molecule has 0 unspecified atom stereocenters. The summed E-state index contributed by atoms with van der Waals surface area (Å²) in [6.07, 6.45) is 2.47. The normalized spacial score (nSPS) is 21.3. The van der Waals surface area contributed by atoms with Gasteiger partial charge in [-0.3, -0.25) is 4.79 Å². The summed E-state index contributed by atoms with van der Waals surface area (Å²) in [6.45, 7) is 7.46. The molecule has 1 aliphatic rings. The van der Waals surface area contributed by atoms with Crippen molar-refractivity contribution in [2.24, 2.45) is 5.92 Å². The zero-order chi connectivity index (χ0) is 29.9. The van der Waals surface area contributed by atoms with Gasteiger partial charge in [0.25, 0.3) is 5.91 Å². The second kappa shape index (κ2) is 15.6. The lowest BCUT2D eigenvalue weighted by Gasteiger charge is -2.35. The Hall–Kier alpha value is -3.34. The van der Waals surface area contributed by atoms with Gasteiger partial charge in [0, 0.05) is 37.0 Å². The summed E-state index contributed by atoms with van der Waals surface area (Å²) in [7, 11) is 5.60. The minimum Gasteiger partial charge on any atom is -0.497 e. The third-order valence-corrected chi connectivity index (χ3v) is 7.20. The lowest BCUT2D eigenvalue weighted by atomic mass is 10.0. The number of anilines is 2. The molecule has 1 heterocycles. The van der Waals surface area contributed by atoms with Crippen molar-refractivity contribution in [1.29, 1.82) is 0 Å². The maximum Gasteiger partial charge on any atom is 0.323 e. The number of aliphatic hydroxyl groups is 1. The molecular formula is C31H46N4O6. The van der Waals surface area contributed by atoms with Gasteiger partial charge in [-0.2, -0.15) is 0 Å². The maximum atomic E-state index is 14.1. The number of hydrogen-bond acceptors (Lipinski definition) is 7. The van der Waals surface area contributed by atoms with Gasteiger partial charge in [-0.25, -0.2) is 4.79 Å². The van der Waals surface area contributed by atoms with E-state index in [1.165, 1.54) is 0 Å². The lowest BCUT2D eigenvalue weighted by molar-refractivity contribution is -0.0137. The van der Waals surface area contributed by atoms with E-state index in [-0.39, 0.29) is 30.6 Å². The second-order valence-corrected chi connectivity index (χ2v) is 11.1. The number of carbonyl (C=O) groups excluding carboxylic acids is 2. The topological polar surface area (TPSA) is 113 Å². The molecule has 0 fully saturated rings. The Morgan fingerprint density at radius 3 is 2.46 bits per heavy atom. The van der Waals surface area contributed by atoms with Crippen LogP contribution in [0.25, 0.3) is 0 Å². The SMILES string of the molecule is COc1ccc(NC(=O)Nc2ccc3c(c2)C(=O)N([C@@H](C)CO)C[C@@H](C)[C@H](CN(C)C)OCCCC[C@H](C)O3)cc1. The van der Waals surface area contributed by atoms with Gasteiger partial charge in [0.2, 0.25) is 0 Å². The number of carbonyl (C=O) groups is 2. The van der Waals surface area contributed by atoms with Gasteiger partial charge >= 0.3 is 6.03 Å². The van der Waals surface area contributed by atoms with E-state index in [4.69, 9.17) is 14.2 Å². The van der Waals surface area contributed by atoms with Crippen molar-refractivity contribution in [3.8, 4) is 11.5 Å². The van der Waals surface area contributed by atoms with E-state index in [0.29, 0.717) is 41.6 Å². The zero-order valence-electron chi connectivity index (χ0n) is 25.2. The Morgan fingerprint density at radius 2 is 1.80 bits per heavy atom. The summed E-state index contributed by atoms with van der Waals surface area (Å²) in [5.74, 6) is 0.869. The second-order valence-electron chi connectivity index (χ2n) is 11.1. The highest BCUT2D eigenvalue weighted by Crippen LogP contribution is 2.28. The number of hydrogen-bond donors (Lipinski definition) is 3. The maximum absolute atomic E-state index is 14.1. The molecule has 0 saturated carbocycles. The number of benzene rings is 2. The van der Waals surface area contributed by atoms with E-state index in [0.717, 1.165) is 25.8 Å². The van der Waals surface area contributed by atoms with E-state index in [1.54, 1.807) is 54.5 Å². The van der Waals surface area contributed by atoms with Crippen LogP contribution >= 0.6 is 0 Å². The van der Waals surface area contributed by atoms with E-state index >= 15 is 0 Å². The summed E-state index contributed by atoms with van der Waals surface area (Å²) in [5.41, 5.74) is 1.37. The average Bonchev–Trinajstić information content (AvgIpc) is 2.94. The number of aliphatic hydroxyl groups excluding tert-OH is 1. The molecule has 2 aromatic rings. The van der Waals surface area contributed by atoms with Crippen LogP contribution in [0, 0.1) is 5.92 Å². The van der Waals surface area contributed by atoms with Crippen LogP contribution in [0.1, 0.15) is 50.4 Å². The third-order valence-electron chi connectivity index (χ3n) is 7.20. The first kappa shape index (κ1) is 32.2. The minimum atomic E-state index is -0.448. The monoisotopic (exact) mass is 570 g/mol. The molecule has 226 valence electrons. The van der Waals surface area contributed by atoms with Crippen molar-refractivity contribution in [2.75, 3.05) is 58.1 Å². The van der Waals surface area contributed by atoms with Crippen LogP contribution in [0.5, 0.6) is 11.5 Å². The van der Waals surface area contributed by atoms with Crippen LogP contribution in [0.2, 0.25) is 0 Å². The summed E-state index contributed by atoms with van der Waals surface area (Å²) >= 11 is 0. The van der Waals surface area contributed by atoms with E-state index in [9.17, 15) is 14.7 Å². The molecule has 1 aliphatic heterocycles. The number of nitrogens with one attached hydrogen (secondary N) is 2. The Balaban J connectivity index is 1.91. The molecular weight excluding hydrogens is 524 g/mol. The molecule has 10 heteroatoms. The number of ether oxygens (including phenoxy) is 3. The molecule has 0 aromatic heterocycles. The number of rotatable bonds is 7. The first-order chi connectivity index (χ1) is 19.6. The molecule has 4 atom stereocenters. The molecule has 2 aromatic carbocycles. The molecule has 0 saturated heterocycles. The van der Waals surface area contributed by atoms with Crippen molar-refractivity contribution in [2.45, 2.75) is 58.3 Å². The van der Waals surface area contributed by atoms with Gasteiger partial charge in [-0.05, 0) is 89.7 Å². The highest BCUT2D eigenvalue weighted by molar-refractivity contribution is 6.02. The van der Waals surface area contributed by atoms with Crippen molar-refractivity contribution in [3.63, 3.8) is 0 Å². The number of methoxy groups -OCH3 is 1. The standard InChI is InChI=1S/C31H46N4O6/c1-21-18-35(22(2)20-36)30(37)27-17-25(33-31(38)32-24-10-13-26(39-6)14-11-24)12-15-28(27)41-23(3)9-7-8-16-40-29(21)19-34(4)5/h10-15,17,21-23,29,36H,7-9,16,18-20H2,1-6H3,(H2,32,33,38)/t21-,22+,23+,29+/m1/s1. The smallest absolute Gasteiger partial charge is 0.323 e. The summed E-state index contributed by atoms with van der Waals surface area (Å²) in [6, 6.07) is 11.2. The molecule has 0 radical (unpaired) electrons. The highest BCUT2D eigenvalue weighted by Gasteiger charge is 2.30. The van der Waals surface area contributed by atoms with E-state index < -0.39 is 12.1 Å². The van der Waals surface area contributed by atoms with E-state index in [1.807, 2.05) is 27.9 Å². The fourth-order valence-corrected chi connectivity index (χ4v) is 4.79. The van der Waals surface area contributed by atoms with E-state index in [2.05, 4.69) is 22.5 Å². The largest absolute Gasteiger partial charge is 0.497 e. The zero-order valence-corrected chi connectivity index (χ0v) is 25.2. The first-order valence-electron chi connectivity index (χ1n) is 14.3. The van der Waals surface area contributed by atoms with Gasteiger partial charge in [0.15, 0.2) is 0 Å². The predicted octanol–water partition coefficient (Wildman–Crippen LogP) is 4.70. The molecule has 0 aliphatic carbocycles. The van der Waals surface area contributed by atoms with Crippen molar-refractivity contribution in [3.05, 3.63) is 48.0 Å². The lowest BCUT2D eigenvalue weighted by Crippen LogP contribution is -2.47. The number of nitrogens with zero attached hydrogens (tertiary/aromatic N) is 2. The minimum absolute atomic E-state index is 0.0122. The number of fused-ring (bicyclic) bond motifs is 1. The number of likely N-dealkylation sites (N-methyl/N-ethyl adjacent to an activating group) is 1. The predicted molar refractivity (Wildman–Crippen MR) is 161 cm³/mol. The molecule has 10 nitrogen and oxygen atoms in total. The van der Waals surface area contributed by atoms with Gasteiger partial charge in [0.1, 0.15) is 11.5 Å². The van der Waals surface area contributed by atoms with Crippen LogP contribution in [-0.2, 0) is 4.74 Å². The van der Waals surface area contributed by atoms with Crippen LogP contribution in [0.3, 0.4) is 0 Å². The average molecular weight is 571 g/mol. The van der Waals surface area contributed by atoms with Gasteiger partial charge in [0.05, 0.1) is 37.5 Å². The fourth-order valence-electron chi connectivity index (χ4n) is 4.79. The van der Waals surface area contributed by atoms with Crippen molar-refractivity contribution in [1.82, 2.24) is 9.80 Å².